The predicted molar refractivity (Wildman–Crippen MR) is 110 cm³/mol. The number of benzene rings is 1. The van der Waals surface area contributed by atoms with Crippen molar-refractivity contribution in [1.29, 1.82) is 0 Å². The Bertz CT molecular complexity index is 475. The second-order valence-corrected chi connectivity index (χ2v) is 6.22. The van der Waals surface area contributed by atoms with Crippen LogP contribution >= 0.6 is 24.0 Å². The van der Waals surface area contributed by atoms with Crippen molar-refractivity contribution >= 4 is 29.9 Å². The molecule has 0 atom stereocenters. The molecule has 23 heavy (non-hydrogen) atoms. The number of hydrogen-bond donors (Lipinski definition) is 2. The van der Waals surface area contributed by atoms with Gasteiger partial charge in [0.2, 0.25) is 0 Å². The molecule has 0 fully saturated rings. The van der Waals surface area contributed by atoms with Gasteiger partial charge in [-0.05, 0) is 25.8 Å². The molecule has 0 aliphatic heterocycles. The van der Waals surface area contributed by atoms with Crippen molar-refractivity contribution in [3.8, 4) is 0 Å². The molecule has 0 amide bonds. The van der Waals surface area contributed by atoms with Crippen LogP contribution in [0.2, 0.25) is 0 Å². The molecule has 132 valence electrons. The fraction of sp³-hybridized carbons (Fsp3) is 0.611. The number of aryl methyl sites for hydroxylation is 1. The highest BCUT2D eigenvalue weighted by Crippen LogP contribution is 2.24. The summed E-state index contributed by atoms with van der Waals surface area (Å²) in [4.78, 5) is 4.74. The normalized spacial score (nSPS) is 11.8. The molecule has 2 N–H and O–H groups in total. The Morgan fingerprint density at radius 3 is 2.61 bits per heavy atom. The highest BCUT2D eigenvalue weighted by atomic mass is 127. The van der Waals surface area contributed by atoms with Crippen LogP contribution in [0, 0.1) is 6.92 Å². The smallest absolute Gasteiger partial charge is 0.191 e. The largest absolute Gasteiger partial charge is 0.385 e. The van der Waals surface area contributed by atoms with Gasteiger partial charge in [-0.15, -0.1) is 24.0 Å². The Hall–Kier alpha value is -0.820. The minimum Gasteiger partial charge on any atom is -0.385 e. The number of guanidine groups is 1. The SMILES string of the molecule is CCNC(=NCC(C)(C)c1cccc(C)c1)NCCCOC.I. The Morgan fingerprint density at radius 1 is 1.26 bits per heavy atom. The van der Waals surface area contributed by atoms with E-state index in [0.29, 0.717) is 0 Å². The summed E-state index contributed by atoms with van der Waals surface area (Å²) in [5.41, 5.74) is 2.63. The molecule has 0 heterocycles. The van der Waals surface area contributed by atoms with Gasteiger partial charge in [0.1, 0.15) is 0 Å². The molecule has 0 unspecified atom stereocenters. The monoisotopic (exact) mass is 433 g/mol. The van der Waals surface area contributed by atoms with Crippen LogP contribution in [-0.2, 0) is 10.2 Å². The Kier molecular flexibility index (Phi) is 11.3. The number of ether oxygens (including phenoxy) is 1. The number of aliphatic imine (C=N–C) groups is 1. The third-order valence-corrected chi connectivity index (χ3v) is 3.59. The molecule has 0 saturated heterocycles. The van der Waals surface area contributed by atoms with Gasteiger partial charge in [-0.1, -0.05) is 43.7 Å². The van der Waals surface area contributed by atoms with E-state index in [1.54, 1.807) is 7.11 Å². The van der Waals surface area contributed by atoms with Gasteiger partial charge in [0.25, 0.3) is 0 Å². The summed E-state index contributed by atoms with van der Waals surface area (Å²) < 4.78 is 5.07. The van der Waals surface area contributed by atoms with Gasteiger partial charge >= 0.3 is 0 Å². The number of halogens is 1. The van der Waals surface area contributed by atoms with Crippen LogP contribution in [0.15, 0.2) is 29.3 Å². The maximum atomic E-state index is 5.07. The highest BCUT2D eigenvalue weighted by molar-refractivity contribution is 14.0. The maximum absolute atomic E-state index is 5.07. The van der Waals surface area contributed by atoms with Crippen molar-refractivity contribution in [2.45, 2.75) is 39.5 Å². The van der Waals surface area contributed by atoms with Crippen molar-refractivity contribution in [3.05, 3.63) is 35.4 Å². The Balaban J connectivity index is 0.00000484. The minimum absolute atomic E-state index is 0. The number of nitrogens with zero attached hydrogens (tertiary/aromatic N) is 1. The zero-order chi connectivity index (χ0) is 16.4. The van der Waals surface area contributed by atoms with Gasteiger partial charge in [0.15, 0.2) is 5.96 Å². The molecular weight excluding hydrogens is 401 g/mol. The lowest BCUT2D eigenvalue weighted by atomic mass is 9.84. The molecular formula is C18H32IN3O. The van der Waals surface area contributed by atoms with E-state index in [1.807, 2.05) is 0 Å². The quantitative estimate of drug-likeness (QED) is 0.286. The second kappa shape index (κ2) is 11.7. The Morgan fingerprint density at radius 2 is 2.00 bits per heavy atom. The van der Waals surface area contributed by atoms with Crippen LogP contribution in [-0.4, -0.2) is 39.3 Å². The molecule has 1 rings (SSSR count). The van der Waals surface area contributed by atoms with Gasteiger partial charge in [-0.25, -0.2) is 0 Å². The van der Waals surface area contributed by atoms with E-state index in [1.165, 1.54) is 11.1 Å². The van der Waals surface area contributed by atoms with Crippen molar-refractivity contribution in [3.63, 3.8) is 0 Å². The zero-order valence-electron chi connectivity index (χ0n) is 15.1. The minimum atomic E-state index is 0. The van der Waals surface area contributed by atoms with Crippen LogP contribution in [0.4, 0.5) is 0 Å². The van der Waals surface area contributed by atoms with Crippen LogP contribution in [0.25, 0.3) is 0 Å². The van der Waals surface area contributed by atoms with Gasteiger partial charge in [0, 0.05) is 32.2 Å². The summed E-state index contributed by atoms with van der Waals surface area (Å²) in [6, 6.07) is 8.67. The van der Waals surface area contributed by atoms with Gasteiger partial charge in [-0.3, -0.25) is 4.99 Å². The molecule has 0 bridgehead atoms. The van der Waals surface area contributed by atoms with E-state index in [9.17, 15) is 0 Å². The van der Waals surface area contributed by atoms with E-state index < -0.39 is 0 Å². The van der Waals surface area contributed by atoms with Gasteiger partial charge < -0.3 is 15.4 Å². The third kappa shape index (κ3) is 8.55. The molecule has 0 radical (unpaired) electrons. The van der Waals surface area contributed by atoms with E-state index in [-0.39, 0.29) is 29.4 Å². The van der Waals surface area contributed by atoms with Crippen molar-refractivity contribution in [2.24, 2.45) is 4.99 Å². The predicted octanol–water partition coefficient (Wildman–Crippen LogP) is 3.48. The Labute approximate surface area is 158 Å². The molecule has 5 heteroatoms. The highest BCUT2D eigenvalue weighted by Gasteiger charge is 2.20. The number of methoxy groups -OCH3 is 1. The fourth-order valence-corrected chi connectivity index (χ4v) is 2.20. The first-order valence-corrected chi connectivity index (χ1v) is 8.08. The van der Waals surface area contributed by atoms with Crippen LogP contribution in [0.5, 0.6) is 0 Å². The van der Waals surface area contributed by atoms with Crippen molar-refractivity contribution < 1.29 is 4.74 Å². The van der Waals surface area contributed by atoms with E-state index >= 15 is 0 Å². The number of nitrogens with one attached hydrogen (secondary N) is 2. The summed E-state index contributed by atoms with van der Waals surface area (Å²) in [5, 5.41) is 6.64. The standard InChI is InChI=1S/C18H31N3O.HI/c1-6-19-17(20-11-8-12-22-5)21-14-18(3,4)16-10-7-9-15(2)13-16;/h7,9-10,13H,6,8,11-12,14H2,1-5H3,(H2,19,20,21);1H. The molecule has 4 nitrogen and oxygen atoms in total. The molecule has 0 saturated carbocycles. The van der Waals surface area contributed by atoms with Crippen molar-refractivity contribution in [1.82, 2.24) is 10.6 Å². The summed E-state index contributed by atoms with van der Waals surface area (Å²) in [5.74, 6) is 0.874. The first-order valence-electron chi connectivity index (χ1n) is 8.08. The fourth-order valence-electron chi connectivity index (χ4n) is 2.20. The second-order valence-electron chi connectivity index (χ2n) is 6.22. The zero-order valence-corrected chi connectivity index (χ0v) is 17.4. The lowest BCUT2D eigenvalue weighted by Gasteiger charge is -2.24. The molecule has 0 aliphatic rings. The summed E-state index contributed by atoms with van der Waals surface area (Å²) in [7, 11) is 1.73. The number of rotatable bonds is 8. The topological polar surface area (TPSA) is 45.7 Å². The molecule has 0 aliphatic carbocycles. The number of hydrogen-bond acceptors (Lipinski definition) is 2. The molecule has 1 aromatic rings. The molecule has 1 aromatic carbocycles. The summed E-state index contributed by atoms with van der Waals surface area (Å²) in [6.07, 6.45) is 0.974. The first kappa shape index (κ1) is 22.2. The average Bonchev–Trinajstić information content (AvgIpc) is 2.49. The summed E-state index contributed by atoms with van der Waals surface area (Å²) in [6.45, 7) is 11.9. The maximum Gasteiger partial charge on any atom is 0.191 e. The van der Waals surface area contributed by atoms with E-state index in [4.69, 9.17) is 9.73 Å². The van der Waals surface area contributed by atoms with Crippen LogP contribution in [0.3, 0.4) is 0 Å². The van der Waals surface area contributed by atoms with E-state index in [0.717, 1.165) is 38.6 Å². The van der Waals surface area contributed by atoms with Crippen LogP contribution < -0.4 is 10.6 Å². The third-order valence-electron chi connectivity index (χ3n) is 3.59. The lowest BCUT2D eigenvalue weighted by molar-refractivity contribution is 0.195. The molecule has 0 spiro atoms. The van der Waals surface area contributed by atoms with Gasteiger partial charge in [0.05, 0.1) is 6.54 Å². The summed E-state index contributed by atoms with van der Waals surface area (Å²) >= 11 is 0. The van der Waals surface area contributed by atoms with Crippen molar-refractivity contribution in [2.75, 3.05) is 33.4 Å². The first-order chi connectivity index (χ1) is 10.5. The van der Waals surface area contributed by atoms with E-state index in [2.05, 4.69) is 62.6 Å². The molecule has 0 aromatic heterocycles. The van der Waals surface area contributed by atoms with Gasteiger partial charge in [-0.2, -0.15) is 0 Å². The average molecular weight is 433 g/mol. The van der Waals surface area contributed by atoms with Crippen LogP contribution in [0.1, 0.15) is 38.3 Å². The lowest BCUT2D eigenvalue weighted by Crippen LogP contribution is -2.39.